The number of carbonyl (C=O) groups excluding carboxylic acids is 4. The van der Waals surface area contributed by atoms with Gasteiger partial charge in [-0.1, -0.05) is 0 Å². The number of ether oxygens (including phenoxy) is 8. The second-order valence-corrected chi connectivity index (χ2v) is 9.32. The minimum atomic E-state index is -0.734. The van der Waals surface area contributed by atoms with Crippen LogP contribution >= 0.6 is 0 Å². The maximum Gasteiger partial charge on any atom is 0.302 e. The summed E-state index contributed by atoms with van der Waals surface area (Å²) in [5, 5.41) is 10.5. The minimum Gasteiger partial charge on any atom is -0.507 e. The van der Waals surface area contributed by atoms with E-state index in [0.29, 0.717) is 0 Å². The lowest BCUT2D eigenvalue weighted by Crippen LogP contribution is -2.16. The van der Waals surface area contributed by atoms with Crippen molar-refractivity contribution in [3.63, 3.8) is 0 Å². The van der Waals surface area contributed by atoms with E-state index in [1.165, 1.54) is 52.0 Å². The zero-order valence-electron chi connectivity index (χ0n) is 25.7. The van der Waals surface area contributed by atoms with Gasteiger partial charge in [-0.25, -0.2) is 0 Å². The zero-order chi connectivity index (χ0) is 33.6. The number of phenols is 1. The summed E-state index contributed by atoms with van der Waals surface area (Å²) >= 11 is 0. The minimum absolute atomic E-state index is 0.00564. The first-order valence-electron chi connectivity index (χ1n) is 14.0. The fourth-order valence-corrected chi connectivity index (χ4v) is 3.89. The summed E-state index contributed by atoms with van der Waals surface area (Å²) in [5.74, 6) is -2.33. The quantitative estimate of drug-likeness (QED) is 0.128. The van der Waals surface area contributed by atoms with Crippen LogP contribution < -0.4 is 24.4 Å². The molecule has 2 aromatic carbocycles. The van der Waals surface area contributed by atoms with Gasteiger partial charge >= 0.3 is 23.9 Å². The van der Waals surface area contributed by atoms with Gasteiger partial charge in [-0.3, -0.25) is 24.0 Å². The lowest BCUT2D eigenvalue weighted by molar-refractivity contribution is -0.142. The fraction of sp³-hybridized carbons (Fsp3) is 0.387. The van der Waals surface area contributed by atoms with Crippen LogP contribution in [0.2, 0.25) is 0 Å². The first kappa shape index (κ1) is 35.0. The predicted molar refractivity (Wildman–Crippen MR) is 158 cm³/mol. The highest BCUT2D eigenvalue weighted by atomic mass is 16.6. The molecule has 248 valence electrons. The van der Waals surface area contributed by atoms with Crippen molar-refractivity contribution in [2.75, 3.05) is 52.9 Å². The highest BCUT2D eigenvalue weighted by Crippen LogP contribution is 2.39. The summed E-state index contributed by atoms with van der Waals surface area (Å²) in [6, 6.07) is 7.12. The van der Waals surface area contributed by atoms with Crippen molar-refractivity contribution >= 4 is 34.8 Å². The van der Waals surface area contributed by atoms with Crippen LogP contribution in [0.5, 0.6) is 28.7 Å². The maximum atomic E-state index is 13.7. The SMILES string of the molecule is CC(=O)OCCOc1cc(O)c2c(=O)c(OCCOC(C)=O)c(-c3ccc(OCCOC(C)=O)c(OCCOC(C)=O)c3)oc2c1. The Morgan fingerprint density at radius 1 is 0.630 bits per heavy atom. The van der Waals surface area contributed by atoms with Gasteiger partial charge < -0.3 is 47.4 Å². The predicted octanol–water partition coefficient (Wildman–Crippen LogP) is 2.93. The summed E-state index contributed by atoms with van der Waals surface area (Å²) in [7, 11) is 0. The van der Waals surface area contributed by atoms with Crippen LogP contribution in [0.15, 0.2) is 39.5 Å². The summed E-state index contributed by atoms with van der Waals surface area (Å²) in [5.41, 5.74) is -0.520. The summed E-state index contributed by atoms with van der Waals surface area (Å²) in [4.78, 5) is 58.2. The number of hydrogen-bond donors (Lipinski definition) is 1. The molecular formula is C31H34O15. The topological polar surface area (TPSA) is 193 Å². The Morgan fingerprint density at radius 2 is 1.13 bits per heavy atom. The van der Waals surface area contributed by atoms with E-state index in [2.05, 4.69) is 0 Å². The Kier molecular flexibility index (Phi) is 13.0. The molecule has 0 fully saturated rings. The lowest BCUT2D eigenvalue weighted by atomic mass is 10.1. The Balaban J connectivity index is 2.06. The van der Waals surface area contributed by atoms with E-state index in [1.807, 2.05) is 0 Å². The molecule has 0 saturated heterocycles. The third kappa shape index (κ3) is 10.6. The average molecular weight is 647 g/mol. The molecule has 0 bridgehead atoms. The number of hydrogen-bond acceptors (Lipinski definition) is 15. The first-order valence-corrected chi connectivity index (χ1v) is 14.0. The highest BCUT2D eigenvalue weighted by molar-refractivity contribution is 5.88. The Morgan fingerprint density at radius 3 is 1.67 bits per heavy atom. The van der Waals surface area contributed by atoms with Crippen LogP contribution in [0.25, 0.3) is 22.3 Å². The molecule has 15 nitrogen and oxygen atoms in total. The lowest BCUT2D eigenvalue weighted by Gasteiger charge is -2.16. The van der Waals surface area contributed by atoms with E-state index >= 15 is 0 Å². The van der Waals surface area contributed by atoms with Gasteiger partial charge in [-0.05, 0) is 18.2 Å². The van der Waals surface area contributed by atoms with Crippen LogP contribution in [0.3, 0.4) is 0 Å². The van der Waals surface area contributed by atoms with Gasteiger partial charge in [-0.2, -0.15) is 0 Å². The second kappa shape index (κ2) is 17.1. The normalized spacial score (nSPS) is 10.5. The monoisotopic (exact) mass is 646 g/mol. The molecule has 1 N–H and O–H groups in total. The van der Waals surface area contributed by atoms with E-state index in [4.69, 9.17) is 42.3 Å². The molecule has 3 aromatic rings. The molecule has 0 amide bonds. The van der Waals surface area contributed by atoms with Crippen molar-refractivity contribution in [1.82, 2.24) is 0 Å². The third-order valence-electron chi connectivity index (χ3n) is 5.70. The Labute approximate surface area is 262 Å². The van der Waals surface area contributed by atoms with Crippen molar-refractivity contribution in [1.29, 1.82) is 0 Å². The van der Waals surface area contributed by atoms with Gasteiger partial charge in [0.2, 0.25) is 11.2 Å². The number of benzene rings is 2. The van der Waals surface area contributed by atoms with Gasteiger partial charge in [0, 0.05) is 45.4 Å². The molecule has 0 unspecified atom stereocenters. The van der Waals surface area contributed by atoms with E-state index < -0.39 is 35.1 Å². The molecule has 1 aromatic heterocycles. The fourth-order valence-electron chi connectivity index (χ4n) is 3.89. The molecule has 3 rings (SSSR count). The molecule has 0 spiro atoms. The largest absolute Gasteiger partial charge is 0.507 e. The van der Waals surface area contributed by atoms with Gasteiger partial charge in [0.1, 0.15) is 75.3 Å². The molecule has 0 atom stereocenters. The summed E-state index contributed by atoms with van der Waals surface area (Å²) in [6.07, 6.45) is 0. The van der Waals surface area contributed by atoms with Crippen molar-refractivity contribution in [2.45, 2.75) is 27.7 Å². The standard InChI is InChI=1S/C31H34O15/c1-18(32)38-7-11-42-23-16-24(36)28-27(17-23)46-30(31(29(28)37)45-14-10-41-21(4)35)22-5-6-25(43-12-8-39-19(2)33)26(15-22)44-13-9-40-20(3)34/h5-6,15-17,36H,7-14H2,1-4H3. The van der Waals surface area contributed by atoms with Crippen LogP contribution in [0.1, 0.15) is 27.7 Å². The third-order valence-corrected chi connectivity index (χ3v) is 5.70. The van der Waals surface area contributed by atoms with Crippen LogP contribution in [-0.4, -0.2) is 81.8 Å². The van der Waals surface area contributed by atoms with Gasteiger partial charge in [-0.15, -0.1) is 0 Å². The van der Waals surface area contributed by atoms with E-state index in [-0.39, 0.29) is 98.1 Å². The van der Waals surface area contributed by atoms with Gasteiger partial charge in [0.05, 0.1) is 0 Å². The van der Waals surface area contributed by atoms with Crippen molar-refractivity contribution in [3.05, 3.63) is 40.6 Å². The molecule has 0 aliphatic carbocycles. The molecule has 0 aliphatic heterocycles. The van der Waals surface area contributed by atoms with E-state index in [0.717, 1.165) is 0 Å². The molecule has 0 aliphatic rings. The van der Waals surface area contributed by atoms with E-state index in [1.54, 1.807) is 6.07 Å². The molecule has 15 heteroatoms. The number of fused-ring (bicyclic) bond motifs is 1. The van der Waals surface area contributed by atoms with Crippen LogP contribution in [0.4, 0.5) is 0 Å². The Hall–Kier alpha value is -5.47. The molecule has 0 saturated carbocycles. The number of aromatic hydroxyl groups is 1. The van der Waals surface area contributed by atoms with Crippen molar-refractivity contribution < 1.29 is 66.6 Å². The summed E-state index contributed by atoms with van der Waals surface area (Å²) in [6.45, 7) is 4.35. The number of carbonyl (C=O) groups is 4. The summed E-state index contributed by atoms with van der Waals surface area (Å²) < 4.78 is 48.5. The van der Waals surface area contributed by atoms with Gasteiger partial charge in [0.15, 0.2) is 17.3 Å². The molecular weight excluding hydrogens is 612 g/mol. The molecule has 1 heterocycles. The Bertz CT molecular complexity index is 1610. The smallest absolute Gasteiger partial charge is 0.302 e. The zero-order valence-corrected chi connectivity index (χ0v) is 25.7. The first-order chi connectivity index (χ1) is 22.0. The number of esters is 4. The molecule has 0 radical (unpaired) electrons. The number of rotatable bonds is 17. The average Bonchev–Trinajstić information content (AvgIpc) is 2.98. The second-order valence-electron chi connectivity index (χ2n) is 9.32. The van der Waals surface area contributed by atoms with E-state index in [9.17, 15) is 29.1 Å². The van der Waals surface area contributed by atoms with Crippen molar-refractivity contribution in [3.8, 4) is 40.1 Å². The highest BCUT2D eigenvalue weighted by Gasteiger charge is 2.23. The van der Waals surface area contributed by atoms with Gasteiger partial charge in [0.25, 0.3) is 0 Å². The number of phenolic OH excluding ortho intramolecular Hbond substituents is 1. The molecule has 46 heavy (non-hydrogen) atoms. The van der Waals surface area contributed by atoms with Crippen molar-refractivity contribution in [2.24, 2.45) is 0 Å². The maximum absolute atomic E-state index is 13.7. The van der Waals surface area contributed by atoms with Crippen LogP contribution in [-0.2, 0) is 38.1 Å². The van der Waals surface area contributed by atoms with Crippen LogP contribution in [0, 0.1) is 0 Å².